The van der Waals surface area contributed by atoms with Gasteiger partial charge in [-0.25, -0.2) is 4.98 Å². The molecule has 0 spiro atoms. The molecule has 8 heteroatoms. The average molecular weight is 320 g/mol. The van der Waals surface area contributed by atoms with Crippen LogP contribution in [0.2, 0.25) is 5.02 Å². The van der Waals surface area contributed by atoms with E-state index in [9.17, 15) is 13.2 Å². The van der Waals surface area contributed by atoms with Crippen LogP contribution < -0.4 is 5.32 Å². The molecule has 21 heavy (non-hydrogen) atoms. The lowest BCUT2D eigenvalue weighted by Crippen LogP contribution is -2.08. The number of aromatic nitrogens is 2. The van der Waals surface area contributed by atoms with Gasteiger partial charge in [0.2, 0.25) is 5.95 Å². The van der Waals surface area contributed by atoms with Crippen molar-refractivity contribution in [3.8, 4) is 0 Å². The van der Waals surface area contributed by atoms with Crippen LogP contribution in [0.15, 0.2) is 30.6 Å². The fraction of sp³-hybridized carbons (Fsp3) is 0.308. The first-order valence-electron chi connectivity index (χ1n) is 6.05. The Morgan fingerprint density at radius 2 is 2.14 bits per heavy atom. The van der Waals surface area contributed by atoms with E-state index in [1.807, 2.05) is 0 Å². The van der Waals surface area contributed by atoms with Gasteiger partial charge < -0.3 is 14.6 Å². The van der Waals surface area contributed by atoms with Crippen molar-refractivity contribution in [3.63, 3.8) is 0 Å². The van der Waals surface area contributed by atoms with Gasteiger partial charge in [0.1, 0.15) is 0 Å². The predicted octanol–water partition coefficient (Wildman–Crippen LogP) is 3.95. The van der Waals surface area contributed by atoms with Gasteiger partial charge in [-0.3, -0.25) is 0 Å². The summed E-state index contributed by atoms with van der Waals surface area (Å²) in [5.41, 5.74) is -0.435. The number of ether oxygens (including phenoxy) is 1. The molecule has 4 nitrogen and oxygen atoms in total. The Morgan fingerprint density at radius 3 is 2.76 bits per heavy atom. The fourth-order valence-corrected chi connectivity index (χ4v) is 1.94. The van der Waals surface area contributed by atoms with Gasteiger partial charge in [0, 0.05) is 26.0 Å². The maximum Gasteiger partial charge on any atom is 0.416 e. The van der Waals surface area contributed by atoms with E-state index >= 15 is 0 Å². The van der Waals surface area contributed by atoms with Crippen LogP contribution in [0.25, 0.3) is 0 Å². The van der Waals surface area contributed by atoms with Crippen molar-refractivity contribution in [2.75, 3.05) is 19.0 Å². The summed E-state index contributed by atoms with van der Waals surface area (Å²) in [7, 11) is 1.58. The van der Waals surface area contributed by atoms with Gasteiger partial charge in [-0.1, -0.05) is 11.6 Å². The lowest BCUT2D eigenvalue weighted by Gasteiger charge is -2.12. The highest BCUT2D eigenvalue weighted by atomic mass is 35.5. The summed E-state index contributed by atoms with van der Waals surface area (Å²) < 4.78 is 44.5. The molecule has 2 aromatic rings. The van der Waals surface area contributed by atoms with Gasteiger partial charge >= 0.3 is 6.18 Å². The molecule has 1 heterocycles. The van der Waals surface area contributed by atoms with Crippen LogP contribution in [0.1, 0.15) is 5.56 Å². The molecule has 114 valence electrons. The summed E-state index contributed by atoms with van der Waals surface area (Å²) in [5, 5.41) is 2.88. The number of anilines is 2. The lowest BCUT2D eigenvalue weighted by atomic mass is 10.2. The zero-order chi connectivity index (χ0) is 15.5. The zero-order valence-electron chi connectivity index (χ0n) is 11.1. The second-order valence-corrected chi connectivity index (χ2v) is 4.66. The quantitative estimate of drug-likeness (QED) is 0.907. The number of alkyl halides is 3. The van der Waals surface area contributed by atoms with Crippen molar-refractivity contribution in [3.05, 3.63) is 41.2 Å². The molecule has 0 aliphatic heterocycles. The van der Waals surface area contributed by atoms with Crippen LogP contribution in [-0.4, -0.2) is 23.3 Å². The number of benzene rings is 1. The number of nitrogens with zero attached hydrogens (tertiary/aromatic N) is 2. The lowest BCUT2D eigenvalue weighted by molar-refractivity contribution is -0.137. The standard InChI is InChI=1S/C13H13ClF3N3O/c1-21-7-6-20-5-4-18-12(20)19-11-3-2-9(8-10(11)14)13(15,16)17/h2-5,8H,6-7H2,1H3,(H,18,19). The molecule has 1 aromatic carbocycles. The highest BCUT2D eigenvalue weighted by molar-refractivity contribution is 6.33. The Balaban J connectivity index is 2.19. The van der Waals surface area contributed by atoms with Crippen LogP contribution in [0.5, 0.6) is 0 Å². The van der Waals surface area contributed by atoms with E-state index in [1.165, 1.54) is 6.07 Å². The first-order chi connectivity index (χ1) is 9.91. The molecule has 1 aromatic heterocycles. The van der Waals surface area contributed by atoms with Gasteiger partial charge in [0.05, 0.1) is 22.9 Å². The van der Waals surface area contributed by atoms with Crippen molar-refractivity contribution in [2.24, 2.45) is 0 Å². The van der Waals surface area contributed by atoms with Gasteiger partial charge in [-0.05, 0) is 18.2 Å². The van der Waals surface area contributed by atoms with E-state index in [-0.39, 0.29) is 5.02 Å². The Labute approximate surface area is 124 Å². The molecular weight excluding hydrogens is 307 g/mol. The van der Waals surface area contributed by atoms with Crippen molar-refractivity contribution in [1.82, 2.24) is 9.55 Å². The minimum atomic E-state index is -4.42. The van der Waals surface area contributed by atoms with Crippen molar-refractivity contribution >= 4 is 23.2 Å². The molecule has 0 unspecified atom stereocenters. The summed E-state index contributed by atoms with van der Waals surface area (Å²) in [4.78, 5) is 4.09. The molecule has 0 aliphatic carbocycles. The minimum absolute atomic E-state index is 0.0221. The van der Waals surface area contributed by atoms with Gasteiger partial charge in [-0.15, -0.1) is 0 Å². The first-order valence-corrected chi connectivity index (χ1v) is 6.43. The topological polar surface area (TPSA) is 39.1 Å². The Bertz CT molecular complexity index is 613. The van der Waals surface area contributed by atoms with Crippen LogP contribution >= 0.6 is 11.6 Å². The molecule has 1 N–H and O–H groups in total. The number of halogens is 4. The molecule has 0 radical (unpaired) electrons. The number of nitrogens with one attached hydrogen (secondary N) is 1. The number of hydrogen-bond donors (Lipinski definition) is 1. The third kappa shape index (κ3) is 3.89. The molecular formula is C13H13ClF3N3O. The summed E-state index contributed by atoms with van der Waals surface area (Å²) in [6.45, 7) is 1.06. The van der Waals surface area contributed by atoms with Gasteiger partial charge in [-0.2, -0.15) is 13.2 Å². The molecule has 0 aliphatic rings. The molecule has 2 rings (SSSR count). The first kappa shape index (κ1) is 15.7. The third-order valence-corrected chi connectivity index (χ3v) is 3.11. The molecule has 0 saturated carbocycles. The van der Waals surface area contributed by atoms with E-state index in [4.69, 9.17) is 16.3 Å². The van der Waals surface area contributed by atoms with Crippen LogP contribution in [0, 0.1) is 0 Å². The number of hydrogen-bond acceptors (Lipinski definition) is 3. The Hall–Kier alpha value is -1.73. The van der Waals surface area contributed by atoms with E-state index < -0.39 is 11.7 Å². The van der Waals surface area contributed by atoms with Crippen LogP contribution in [0.3, 0.4) is 0 Å². The van der Waals surface area contributed by atoms with Crippen molar-refractivity contribution in [1.29, 1.82) is 0 Å². The van der Waals surface area contributed by atoms with E-state index in [0.717, 1.165) is 12.1 Å². The molecule has 0 bridgehead atoms. The third-order valence-electron chi connectivity index (χ3n) is 2.79. The minimum Gasteiger partial charge on any atom is -0.383 e. The van der Waals surface area contributed by atoms with Crippen molar-refractivity contribution in [2.45, 2.75) is 12.7 Å². The van der Waals surface area contributed by atoms with E-state index in [1.54, 1.807) is 24.1 Å². The summed E-state index contributed by atoms with van der Waals surface area (Å²) >= 11 is 5.88. The van der Waals surface area contributed by atoms with Crippen LogP contribution in [0.4, 0.5) is 24.8 Å². The number of imidazole rings is 1. The second kappa shape index (κ2) is 6.36. The van der Waals surface area contributed by atoms with Crippen molar-refractivity contribution < 1.29 is 17.9 Å². The number of rotatable bonds is 5. The van der Waals surface area contributed by atoms with Gasteiger partial charge in [0.15, 0.2) is 0 Å². The fourth-order valence-electron chi connectivity index (χ4n) is 1.72. The monoisotopic (exact) mass is 319 g/mol. The molecule has 0 fully saturated rings. The zero-order valence-corrected chi connectivity index (χ0v) is 11.9. The smallest absolute Gasteiger partial charge is 0.383 e. The van der Waals surface area contributed by atoms with E-state index in [0.29, 0.717) is 24.8 Å². The maximum absolute atomic E-state index is 12.6. The summed E-state index contributed by atoms with van der Waals surface area (Å²) in [5.74, 6) is 0.480. The molecule has 0 atom stereocenters. The normalized spacial score (nSPS) is 11.7. The summed E-state index contributed by atoms with van der Waals surface area (Å²) in [6, 6.07) is 3.13. The second-order valence-electron chi connectivity index (χ2n) is 4.25. The van der Waals surface area contributed by atoms with Gasteiger partial charge in [0.25, 0.3) is 0 Å². The number of methoxy groups -OCH3 is 1. The highest BCUT2D eigenvalue weighted by Gasteiger charge is 2.30. The van der Waals surface area contributed by atoms with E-state index in [2.05, 4.69) is 10.3 Å². The Morgan fingerprint density at radius 1 is 1.38 bits per heavy atom. The average Bonchev–Trinajstić information content (AvgIpc) is 2.85. The predicted molar refractivity (Wildman–Crippen MR) is 73.8 cm³/mol. The SMILES string of the molecule is COCCn1ccnc1Nc1ccc(C(F)(F)F)cc1Cl. The maximum atomic E-state index is 12.6. The Kier molecular flexibility index (Phi) is 4.74. The summed E-state index contributed by atoms with van der Waals surface area (Å²) in [6.07, 6.45) is -1.10. The molecule has 0 saturated heterocycles. The highest BCUT2D eigenvalue weighted by Crippen LogP contribution is 2.34. The molecule has 0 amide bonds. The van der Waals surface area contributed by atoms with Crippen LogP contribution in [-0.2, 0) is 17.5 Å². The largest absolute Gasteiger partial charge is 0.416 e.